The number of nitrogens with zero attached hydrogens (tertiary/aromatic N) is 3. The summed E-state index contributed by atoms with van der Waals surface area (Å²) in [6, 6.07) is 7.15. The summed E-state index contributed by atoms with van der Waals surface area (Å²) in [5.74, 6) is 0. The Labute approximate surface area is 110 Å². The largest absolute Gasteiger partial charge is 0.314 e. The van der Waals surface area contributed by atoms with Crippen LogP contribution in [0.1, 0.15) is 18.7 Å². The van der Waals surface area contributed by atoms with Crippen LogP contribution in [0.5, 0.6) is 0 Å². The van der Waals surface area contributed by atoms with Crippen LogP contribution in [0.15, 0.2) is 24.4 Å². The monoisotopic (exact) mass is 248 g/mol. The number of hydrogen-bond acceptors (Lipinski definition) is 4. The van der Waals surface area contributed by atoms with Gasteiger partial charge < -0.3 is 10.2 Å². The maximum atomic E-state index is 4.55. The first kappa shape index (κ1) is 13.5. The van der Waals surface area contributed by atoms with Crippen LogP contribution >= 0.6 is 0 Å². The van der Waals surface area contributed by atoms with E-state index < -0.39 is 0 Å². The molecule has 2 atom stereocenters. The molecular formula is C14H24N4. The lowest BCUT2D eigenvalue weighted by atomic mass is 10.1. The Morgan fingerprint density at radius 1 is 1.50 bits per heavy atom. The van der Waals surface area contributed by atoms with Gasteiger partial charge in [-0.25, -0.2) is 0 Å². The molecule has 1 aliphatic rings. The molecule has 0 amide bonds. The molecule has 4 heteroatoms. The topological polar surface area (TPSA) is 31.4 Å². The van der Waals surface area contributed by atoms with Crippen LogP contribution in [-0.2, 0) is 0 Å². The van der Waals surface area contributed by atoms with E-state index in [1.54, 1.807) is 0 Å². The molecular weight excluding hydrogens is 224 g/mol. The molecule has 1 aromatic heterocycles. The van der Waals surface area contributed by atoms with Gasteiger partial charge in [-0.3, -0.25) is 9.88 Å². The second kappa shape index (κ2) is 6.27. The number of hydrogen-bond donors (Lipinski definition) is 1. The van der Waals surface area contributed by atoms with E-state index in [0.717, 1.165) is 26.2 Å². The fraction of sp³-hybridized carbons (Fsp3) is 0.643. The number of nitrogens with one attached hydrogen (secondary N) is 1. The van der Waals surface area contributed by atoms with Crippen molar-refractivity contribution in [1.82, 2.24) is 20.1 Å². The lowest BCUT2D eigenvalue weighted by molar-refractivity contribution is 0.0944. The zero-order valence-corrected chi connectivity index (χ0v) is 11.6. The number of pyridine rings is 1. The molecule has 0 radical (unpaired) electrons. The van der Waals surface area contributed by atoms with Crippen LogP contribution in [0.25, 0.3) is 0 Å². The van der Waals surface area contributed by atoms with E-state index in [1.165, 1.54) is 5.69 Å². The van der Waals surface area contributed by atoms with Crippen molar-refractivity contribution < 1.29 is 0 Å². The van der Waals surface area contributed by atoms with E-state index in [2.05, 4.69) is 53.3 Å². The highest BCUT2D eigenvalue weighted by Gasteiger charge is 2.28. The molecule has 0 saturated carbocycles. The Balaban J connectivity index is 2.19. The summed E-state index contributed by atoms with van der Waals surface area (Å²) in [5.41, 5.74) is 1.18. The van der Waals surface area contributed by atoms with Crippen molar-refractivity contribution in [3.05, 3.63) is 30.1 Å². The molecule has 1 aliphatic heterocycles. The first-order chi connectivity index (χ1) is 8.68. The Kier molecular flexibility index (Phi) is 4.69. The van der Waals surface area contributed by atoms with Crippen LogP contribution in [0.3, 0.4) is 0 Å². The molecule has 100 valence electrons. The summed E-state index contributed by atoms with van der Waals surface area (Å²) >= 11 is 0. The van der Waals surface area contributed by atoms with Gasteiger partial charge in [-0.2, -0.15) is 0 Å². The van der Waals surface area contributed by atoms with Crippen molar-refractivity contribution in [2.24, 2.45) is 0 Å². The number of rotatable bonds is 4. The van der Waals surface area contributed by atoms with Crippen LogP contribution < -0.4 is 5.32 Å². The molecule has 0 aliphatic carbocycles. The average Bonchev–Trinajstić information content (AvgIpc) is 2.38. The molecule has 1 fully saturated rings. The summed E-state index contributed by atoms with van der Waals surface area (Å²) in [6.45, 7) is 6.53. The van der Waals surface area contributed by atoms with Gasteiger partial charge in [0.1, 0.15) is 0 Å². The van der Waals surface area contributed by atoms with Crippen LogP contribution in [0, 0.1) is 0 Å². The highest BCUT2D eigenvalue weighted by atomic mass is 15.3. The number of likely N-dealkylation sites (N-methyl/N-ethyl adjacent to an activating group) is 1. The maximum absolute atomic E-state index is 4.55. The molecule has 4 nitrogen and oxygen atoms in total. The molecule has 2 rings (SSSR count). The number of piperazine rings is 1. The van der Waals surface area contributed by atoms with E-state index >= 15 is 0 Å². The highest BCUT2D eigenvalue weighted by Crippen LogP contribution is 2.22. The second-order valence-corrected chi connectivity index (χ2v) is 5.32. The minimum absolute atomic E-state index is 0.387. The summed E-state index contributed by atoms with van der Waals surface area (Å²) in [7, 11) is 4.26. The first-order valence-corrected chi connectivity index (χ1v) is 6.70. The van der Waals surface area contributed by atoms with E-state index in [4.69, 9.17) is 0 Å². The fourth-order valence-electron chi connectivity index (χ4n) is 2.61. The van der Waals surface area contributed by atoms with Crippen molar-refractivity contribution >= 4 is 0 Å². The van der Waals surface area contributed by atoms with Gasteiger partial charge in [-0.05, 0) is 33.2 Å². The number of aromatic nitrogens is 1. The summed E-state index contributed by atoms with van der Waals surface area (Å²) < 4.78 is 0. The van der Waals surface area contributed by atoms with Crippen molar-refractivity contribution in [3.8, 4) is 0 Å². The lowest BCUT2D eigenvalue weighted by Crippen LogP contribution is -2.52. The minimum atomic E-state index is 0.387. The average molecular weight is 248 g/mol. The van der Waals surface area contributed by atoms with Gasteiger partial charge in [-0.1, -0.05) is 6.07 Å². The van der Waals surface area contributed by atoms with E-state index in [-0.39, 0.29) is 0 Å². The molecule has 0 bridgehead atoms. The van der Waals surface area contributed by atoms with Gasteiger partial charge in [0, 0.05) is 38.4 Å². The van der Waals surface area contributed by atoms with Crippen LogP contribution in [0.2, 0.25) is 0 Å². The van der Waals surface area contributed by atoms with Gasteiger partial charge in [-0.15, -0.1) is 0 Å². The summed E-state index contributed by atoms with van der Waals surface area (Å²) in [5, 5.41) is 3.45. The standard InChI is InChI=1S/C14H24N4/c1-12-10-15-8-9-18(12)14(11-17(2)3)13-6-4-5-7-16-13/h4-7,12,14-15H,8-11H2,1-3H3. The Bertz CT molecular complexity index is 352. The normalized spacial score (nSPS) is 23.2. The van der Waals surface area contributed by atoms with Crippen LogP contribution in [0.4, 0.5) is 0 Å². The zero-order valence-electron chi connectivity index (χ0n) is 11.6. The summed E-state index contributed by atoms with van der Waals surface area (Å²) in [6.07, 6.45) is 1.89. The van der Waals surface area contributed by atoms with Gasteiger partial charge in [0.2, 0.25) is 0 Å². The Morgan fingerprint density at radius 2 is 2.33 bits per heavy atom. The lowest BCUT2D eigenvalue weighted by Gasteiger charge is -2.40. The molecule has 2 unspecified atom stereocenters. The third-order valence-electron chi connectivity index (χ3n) is 3.52. The zero-order chi connectivity index (χ0) is 13.0. The van der Waals surface area contributed by atoms with Gasteiger partial charge in [0.15, 0.2) is 0 Å². The van der Waals surface area contributed by atoms with E-state index in [0.29, 0.717) is 12.1 Å². The summed E-state index contributed by atoms with van der Waals surface area (Å²) in [4.78, 5) is 9.37. The first-order valence-electron chi connectivity index (χ1n) is 6.70. The van der Waals surface area contributed by atoms with Crippen LogP contribution in [-0.4, -0.2) is 61.1 Å². The Hall–Kier alpha value is -0.970. The van der Waals surface area contributed by atoms with Crippen molar-refractivity contribution in [2.75, 3.05) is 40.3 Å². The van der Waals surface area contributed by atoms with Crippen molar-refractivity contribution in [1.29, 1.82) is 0 Å². The predicted octanol–water partition coefficient (Wildman–Crippen LogP) is 0.978. The molecule has 0 aromatic carbocycles. The van der Waals surface area contributed by atoms with Crippen molar-refractivity contribution in [3.63, 3.8) is 0 Å². The van der Waals surface area contributed by atoms with Gasteiger partial charge in [0.05, 0.1) is 11.7 Å². The second-order valence-electron chi connectivity index (χ2n) is 5.32. The molecule has 1 saturated heterocycles. The Morgan fingerprint density at radius 3 is 2.94 bits per heavy atom. The smallest absolute Gasteiger partial charge is 0.0652 e. The molecule has 0 spiro atoms. The quantitative estimate of drug-likeness (QED) is 0.860. The third-order valence-corrected chi connectivity index (χ3v) is 3.52. The molecule has 2 heterocycles. The maximum Gasteiger partial charge on any atom is 0.0652 e. The third kappa shape index (κ3) is 3.28. The SMILES string of the molecule is CC1CNCCN1C(CN(C)C)c1ccccn1. The highest BCUT2D eigenvalue weighted by molar-refractivity contribution is 5.10. The molecule has 18 heavy (non-hydrogen) atoms. The minimum Gasteiger partial charge on any atom is -0.314 e. The van der Waals surface area contributed by atoms with Crippen molar-refractivity contribution in [2.45, 2.75) is 19.0 Å². The van der Waals surface area contributed by atoms with E-state index in [9.17, 15) is 0 Å². The fourth-order valence-corrected chi connectivity index (χ4v) is 2.61. The molecule has 1 N–H and O–H groups in total. The van der Waals surface area contributed by atoms with Gasteiger partial charge in [0.25, 0.3) is 0 Å². The molecule has 1 aromatic rings. The van der Waals surface area contributed by atoms with Gasteiger partial charge >= 0.3 is 0 Å². The van der Waals surface area contributed by atoms with E-state index in [1.807, 2.05) is 12.3 Å². The predicted molar refractivity (Wildman–Crippen MR) is 74.6 cm³/mol.